The second-order valence-electron chi connectivity index (χ2n) is 3.80. The molecule has 4 N–H and O–H groups in total. The van der Waals surface area contributed by atoms with E-state index in [0.717, 1.165) is 0 Å². The third-order valence-corrected chi connectivity index (χ3v) is 2.71. The number of hydrogen-bond acceptors (Lipinski definition) is 4. The number of β-lactam (4-membered cyclic amide) rings is 1. The highest BCUT2D eigenvalue weighted by atomic mass is 16.4. The van der Waals surface area contributed by atoms with E-state index < -0.39 is 17.9 Å². The lowest BCUT2D eigenvalue weighted by molar-refractivity contribution is -0.150. The van der Waals surface area contributed by atoms with Gasteiger partial charge >= 0.3 is 5.97 Å². The van der Waals surface area contributed by atoms with Gasteiger partial charge in [0.25, 0.3) is 0 Å². The highest BCUT2D eigenvalue weighted by Crippen LogP contribution is 2.30. The van der Waals surface area contributed by atoms with Crippen LogP contribution in [-0.4, -0.2) is 28.0 Å². The molecule has 0 saturated carbocycles. The van der Waals surface area contributed by atoms with E-state index in [4.69, 9.17) is 10.8 Å². The van der Waals surface area contributed by atoms with E-state index in [1.165, 1.54) is 6.20 Å². The van der Waals surface area contributed by atoms with Crippen LogP contribution in [0.4, 0.5) is 5.82 Å². The predicted molar refractivity (Wildman–Crippen MR) is 60.7 cm³/mol. The zero-order chi connectivity index (χ0) is 12.6. The van der Waals surface area contributed by atoms with Gasteiger partial charge in [-0.15, -0.1) is 0 Å². The number of nitrogens with two attached hydrogens (primary N) is 1. The molecule has 6 nitrogen and oxygen atoms in total. The standard InChI is InChI=1S/C11H11N3O3/c1-5(6-2-3-13-7(12)4-6)8-9(11(16)17)14-10(8)15/h2-4,8-9H,1H2,(H2,12,13)(H,14,15)(H,16,17)/t8-,9+/m1/s1. The van der Waals surface area contributed by atoms with Gasteiger partial charge in [0.2, 0.25) is 5.91 Å². The van der Waals surface area contributed by atoms with E-state index in [1.807, 2.05) is 0 Å². The minimum atomic E-state index is -1.07. The van der Waals surface area contributed by atoms with Crippen LogP contribution in [0, 0.1) is 5.92 Å². The summed E-state index contributed by atoms with van der Waals surface area (Å²) in [5.74, 6) is -1.85. The van der Waals surface area contributed by atoms with Crippen molar-refractivity contribution in [3.63, 3.8) is 0 Å². The van der Waals surface area contributed by atoms with Crippen molar-refractivity contribution >= 4 is 23.3 Å². The fraction of sp³-hybridized carbons (Fsp3) is 0.182. The number of carboxylic acids is 1. The Bertz CT molecular complexity index is 512. The van der Waals surface area contributed by atoms with E-state index in [1.54, 1.807) is 12.1 Å². The number of amides is 1. The maximum atomic E-state index is 11.4. The molecule has 0 bridgehead atoms. The molecule has 2 heterocycles. The number of anilines is 1. The van der Waals surface area contributed by atoms with Gasteiger partial charge in [-0.3, -0.25) is 4.79 Å². The summed E-state index contributed by atoms with van der Waals surface area (Å²) in [5.41, 5.74) is 6.58. The molecule has 2 atom stereocenters. The Morgan fingerprint density at radius 1 is 1.59 bits per heavy atom. The Morgan fingerprint density at radius 3 is 2.82 bits per heavy atom. The molecule has 17 heavy (non-hydrogen) atoms. The summed E-state index contributed by atoms with van der Waals surface area (Å²) < 4.78 is 0. The second-order valence-corrected chi connectivity index (χ2v) is 3.80. The highest BCUT2D eigenvalue weighted by Gasteiger charge is 2.46. The van der Waals surface area contributed by atoms with Crippen molar-refractivity contribution in [2.24, 2.45) is 5.92 Å². The molecule has 1 amide bonds. The van der Waals surface area contributed by atoms with Crippen molar-refractivity contribution in [2.75, 3.05) is 5.73 Å². The number of carbonyl (C=O) groups is 2. The van der Waals surface area contributed by atoms with Crippen LogP contribution in [0.25, 0.3) is 5.57 Å². The summed E-state index contributed by atoms with van der Waals surface area (Å²) in [7, 11) is 0. The van der Waals surface area contributed by atoms with Crippen molar-refractivity contribution in [3.05, 3.63) is 30.5 Å². The molecule has 0 aromatic carbocycles. The molecule has 2 rings (SSSR count). The number of nitrogens with zero attached hydrogens (tertiary/aromatic N) is 1. The molecule has 1 aliphatic heterocycles. The Morgan fingerprint density at radius 2 is 2.29 bits per heavy atom. The number of nitrogen functional groups attached to an aromatic ring is 1. The predicted octanol–water partition coefficient (Wildman–Crippen LogP) is -0.124. The molecule has 1 saturated heterocycles. The van der Waals surface area contributed by atoms with Gasteiger partial charge in [0, 0.05) is 6.20 Å². The van der Waals surface area contributed by atoms with Gasteiger partial charge in [0.15, 0.2) is 0 Å². The molecule has 0 spiro atoms. The van der Waals surface area contributed by atoms with Crippen LogP contribution in [0.1, 0.15) is 5.56 Å². The molecule has 1 aliphatic rings. The minimum Gasteiger partial charge on any atom is -0.480 e. The maximum absolute atomic E-state index is 11.4. The largest absolute Gasteiger partial charge is 0.480 e. The number of aliphatic carboxylic acids is 1. The average Bonchev–Trinajstić information content (AvgIpc) is 2.25. The van der Waals surface area contributed by atoms with Crippen molar-refractivity contribution in [1.29, 1.82) is 0 Å². The lowest BCUT2D eigenvalue weighted by atomic mass is 9.81. The van der Waals surface area contributed by atoms with Crippen LogP contribution in [0.2, 0.25) is 0 Å². The Balaban J connectivity index is 2.26. The van der Waals surface area contributed by atoms with Crippen LogP contribution >= 0.6 is 0 Å². The number of carbonyl (C=O) groups excluding carboxylic acids is 1. The molecule has 1 aromatic rings. The van der Waals surface area contributed by atoms with Gasteiger partial charge in [-0.05, 0) is 23.3 Å². The zero-order valence-electron chi connectivity index (χ0n) is 8.88. The summed E-state index contributed by atoms with van der Waals surface area (Å²) in [6.45, 7) is 3.76. The minimum absolute atomic E-state index is 0.301. The van der Waals surface area contributed by atoms with Gasteiger partial charge in [-0.25, -0.2) is 9.78 Å². The molecular formula is C11H11N3O3. The number of aromatic nitrogens is 1. The van der Waals surface area contributed by atoms with Crippen molar-refractivity contribution in [3.8, 4) is 0 Å². The Kier molecular flexibility index (Phi) is 2.55. The zero-order valence-corrected chi connectivity index (χ0v) is 8.88. The van der Waals surface area contributed by atoms with E-state index >= 15 is 0 Å². The quantitative estimate of drug-likeness (QED) is 0.631. The van der Waals surface area contributed by atoms with E-state index in [9.17, 15) is 9.59 Å². The molecule has 0 radical (unpaired) electrons. The van der Waals surface area contributed by atoms with E-state index in [2.05, 4.69) is 16.9 Å². The first-order valence-electron chi connectivity index (χ1n) is 4.94. The summed E-state index contributed by atoms with van der Waals surface area (Å²) in [5, 5.41) is 11.2. The number of hydrogen-bond donors (Lipinski definition) is 3. The molecule has 1 fully saturated rings. The van der Waals surface area contributed by atoms with Crippen LogP contribution < -0.4 is 11.1 Å². The van der Waals surface area contributed by atoms with Gasteiger partial charge in [-0.1, -0.05) is 6.58 Å². The fourth-order valence-corrected chi connectivity index (χ4v) is 1.77. The van der Waals surface area contributed by atoms with Crippen molar-refractivity contribution in [1.82, 2.24) is 10.3 Å². The first-order valence-corrected chi connectivity index (χ1v) is 4.94. The lowest BCUT2D eigenvalue weighted by Crippen LogP contribution is -2.62. The summed E-state index contributed by atoms with van der Waals surface area (Å²) in [4.78, 5) is 26.0. The van der Waals surface area contributed by atoms with Gasteiger partial charge in [0.1, 0.15) is 11.9 Å². The van der Waals surface area contributed by atoms with Crippen LogP contribution in [0.5, 0.6) is 0 Å². The molecule has 6 heteroatoms. The molecule has 1 aromatic heterocycles. The number of nitrogens with one attached hydrogen (secondary N) is 1. The molecule has 0 aliphatic carbocycles. The second kappa shape index (κ2) is 3.89. The third-order valence-electron chi connectivity index (χ3n) is 2.71. The molecule has 88 valence electrons. The summed E-state index contributed by atoms with van der Waals surface area (Å²) in [6, 6.07) is 2.29. The lowest BCUT2D eigenvalue weighted by Gasteiger charge is -2.34. The average molecular weight is 233 g/mol. The van der Waals surface area contributed by atoms with Gasteiger partial charge in [-0.2, -0.15) is 0 Å². The summed E-state index contributed by atoms with van der Waals surface area (Å²) >= 11 is 0. The van der Waals surface area contributed by atoms with Crippen molar-refractivity contribution < 1.29 is 14.7 Å². The number of carboxylic acid groups (broad SMARTS) is 1. The first kappa shape index (κ1) is 11.1. The molecule has 0 unspecified atom stereocenters. The van der Waals surface area contributed by atoms with Gasteiger partial charge in [0.05, 0.1) is 5.92 Å². The maximum Gasteiger partial charge on any atom is 0.327 e. The van der Waals surface area contributed by atoms with Crippen molar-refractivity contribution in [2.45, 2.75) is 6.04 Å². The Hall–Kier alpha value is -2.37. The third kappa shape index (κ3) is 1.84. The Labute approximate surface area is 97.2 Å². The monoisotopic (exact) mass is 233 g/mol. The van der Waals surface area contributed by atoms with E-state index in [0.29, 0.717) is 17.0 Å². The normalized spacial score (nSPS) is 22.5. The number of rotatable bonds is 3. The SMILES string of the molecule is C=C(c1ccnc(N)c1)[C@H]1C(=O)N[C@@H]1C(=O)O. The fourth-order valence-electron chi connectivity index (χ4n) is 1.77. The molecular weight excluding hydrogens is 222 g/mol. The highest BCUT2D eigenvalue weighted by molar-refractivity contribution is 6.04. The topological polar surface area (TPSA) is 105 Å². The van der Waals surface area contributed by atoms with Crippen LogP contribution in [0.15, 0.2) is 24.9 Å². The first-order chi connectivity index (χ1) is 8.00. The van der Waals surface area contributed by atoms with Gasteiger partial charge < -0.3 is 16.2 Å². The number of pyridine rings is 1. The van der Waals surface area contributed by atoms with E-state index in [-0.39, 0.29) is 5.91 Å². The van der Waals surface area contributed by atoms with Crippen LogP contribution in [0.3, 0.4) is 0 Å². The van der Waals surface area contributed by atoms with Crippen LogP contribution in [-0.2, 0) is 9.59 Å². The smallest absolute Gasteiger partial charge is 0.327 e. The summed E-state index contributed by atoms with van der Waals surface area (Å²) in [6.07, 6.45) is 1.49.